The van der Waals surface area contributed by atoms with Gasteiger partial charge in [0.2, 0.25) is 0 Å². The van der Waals surface area contributed by atoms with Gasteiger partial charge in [-0.25, -0.2) is 0 Å². The second kappa shape index (κ2) is 5.67. The molecular weight excluding hydrogens is 242 g/mol. The monoisotopic (exact) mass is 263 g/mol. The van der Waals surface area contributed by atoms with E-state index in [2.05, 4.69) is 50.3 Å². The highest BCUT2D eigenvalue weighted by Gasteiger charge is 2.12. The molecule has 0 fully saturated rings. The first-order valence-corrected chi connectivity index (χ1v) is 7.27. The first kappa shape index (κ1) is 13.3. The molecule has 0 aliphatic carbocycles. The summed E-state index contributed by atoms with van der Waals surface area (Å²) in [4.78, 5) is 2.55. The van der Waals surface area contributed by atoms with Crippen molar-refractivity contribution in [3.8, 4) is 0 Å². The van der Waals surface area contributed by atoms with E-state index in [0.29, 0.717) is 6.04 Å². The van der Waals surface area contributed by atoms with Gasteiger partial charge in [0.05, 0.1) is 5.69 Å². The summed E-state index contributed by atoms with van der Waals surface area (Å²) in [5, 5.41) is 4.59. The van der Waals surface area contributed by atoms with E-state index in [4.69, 9.17) is 5.73 Å². The summed E-state index contributed by atoms with van der Waals surface area (Å²) in [6.07, 6.45) is 3.95. The van der Waals surface area contributed by atoms with Crippen LogP contribution in [0.5, 0.6) is 0 Å². The first-order valence-electron chi connectivity index (χ1n) is 6.46. The van der Waals surface area contributed by atoms with Crippen LogP contribution in [0.2, 0.25) is 0 Å². The second-order valence-electron chi connectivity index (χ2n) is 4.80. The molecule has 2 aromatic rings. The van der Waals surface area contributed by atoms with E-state index in [1.807, 2.05) is 4.68 Å². The molecule has 2 aromatic heterocycles. The minimum atomic E-state index is 0.0592. The average Bonchev–Trinajstić information content (AvgIpc) is 2.97. The van der Waals surface area contributed by atoms with E-state index >= 15 is 0 Å². The van der Waals surface area contributed by atoms with Gasteiger partial charge in [0.1, 0.15) is 0 Å². The maximum absolute atomic E-state index is 6.22. The van der Waals surface area contributed by atoms with Gasteiger partial charge in [-0.2, -0.15) is 5.10 Å². The highest BCUT2D eigenvalue weighted by atomic mass is 32.1. The molecule has 4 heteroatoms. The first-order chi connectivity index (χ1) is 8.60. The Morgan fingerprint density at radius 1 is 1.39 bits per heavy atom. The molecule has 0 amide bonds. The van der Waals surface area contributed by atoms with Crippen molar-refractivity contribution in [1.82, 2.24) is 9.78 Å². The zero-order valence-electron chi connectivity index (χ0n) is 11.3. The Kier molecular flexibility index (Phi) is 4.19. The summed E-state index contributed by atoms with van der Waals surface area (Å²) >= 11 is 1.77. The van der Waals surface area contributed by atoms with Crippen molar-refractivity contribution in [2.75, 3.05) is 0 Å². The molecule has 2 unspecified atom stereocenters. The molecule has 3 nitrogen and oxygen atoms in total. The zero-order valence-corrected chi connectivity index (χ0v) is 12.1. The normalized spacial score (nSPS) is 14.7. The topological polar surface area (TPSA) is 43.8 Å². The van der Waals surface area contributed by atoms with Gasteiger partial charge in [-0.3, -0.25) is 4.68 Å². The Morgan fingerprint density at radius 3 is 2.78 bits per heavy atom. The van der Waals surface area contributed by atoms with Crippen LogP contribution in [-0.4, -0.2) is 9.78 Å². The van der Waals surface area contributed by atoms with Gasteiger partial charge in [-0.15, -0.1) is 11.3 Å². The predicted octanol–water partition coefficient (Wildman–Crippen LogP) is 3.47. The number of hydrogen-bond donors (Lipinski definition) is 1. The van der Waals surface area contributed by atoms with E-state index < -0.39 is 0 Å². The Balaban J connectivity index is 2.03. The summed E-state index contributed by atoms with van der Waals surface area (Å²) in [5.41, 5.74) is 7.30. The molecular formula is C14H21N3S. The maximum Gasteiger partial charge on any atom is 0.0643 e. The van der Waals surface area contributed by atoms with Crippen molar-refractivity contribution in [2.45, 2.75) is 45.7 Å². The van der Waals surface area contributed by atoms with Crippen LogP contribution in [0, 0.1) is 6.92 Å². The number of aryl methyl sites for hydroxylation is 1. The van der Waals surface area contributed by atoms with Crippen LogP contribution in [0.4, 0.5) is 0 Å². The van der Waals surface area contributed by atoms with Crippen molar-refractivity contribution in [3.63, 3.8) is 0 Å². The van der Waals surface area contributed by atoms with Crippen LogP contribution in [0.3, 0.4) is 0 Å². The van der Waals surface area contributed by atoms with Crippen molar-refractivity contribution in [3.05, 3.63) is 39.8 Å². The van der Waals surface area contributed by atoms with Gasteiger partial charge in [0.15, 0.2) is 0 Å². The Labute approximate surface area is 113 Å². The lowest BCUT2D eigenvalue weighted by Gasteiger charge is -2.09. The zero-order chi connectivity index (χ0) is 13.1. The Bertz CT molecular complexity index is 501. The van der Waals surface area contributed by atoms with E-state index in [-0.39, 0.29) is 6.04 Å². The molecule has 0 spiro atoms. The number of nitrogens with two attached hydrogens (primary N) is 1. The molecule has 2 N–H and O–H groups in total. The number of aromatic nitrogens is 2. The molecule has 98 valence electrons. The van der Waals surface area contributed by atoms with Crippen LogP contribution < -0.4 is 5.73 Å². The largest absolute Gasteiger partial charge is 0.323 e. The van der Waals surface area contributed by atoms with Gasteiger partial charge in [-0.1, -0.05) is 6.92 Å². The van der Waals surface area contributed by atoms with Crippen molar-refractivity contribution in [2.24, 2.45) is 5.73 Å². The Morgan fingerprint density at radius 2 is 2.17 bits per heavy atom. The quantitative estimate of drug-likeness (QED) is 0.897. The van der Waals surface area contributed by atoms with E-state index in [9.17, 15) is 0 Å². The van der Waals surface area contributed by atoms with Gasteiger partial charge in [-0.05, 0) is 38.5 Å². The van der Waals surface area contributed by atoms with Crippen LogP contribution in [0.1, 0.15) is 47.8 Å². The summed E-state index contributed by atoms with van der Waals surface area (Å²) in [6.45, 7) is 6.46. The minimum Gasteiger partial charge on any atom is -0.323 e. The summed E-state index contributed by atoms with van der Waals surface area (Å²) in [5.74, 6) is 0. The maximum atomic E-state index is 6.22. The molecule has 2 heterocycles. The lowest BCUT2D eigenvalue weighted by atomic mass is 10.1. The highest BCUT2D eigenvalue weighted by molar-refractivity contribution is 7.12. The van der Waals surface area contributed by atoms with Crippen molar-refractivity contribution < 1.29 is 0 Å². The summed E-state index contributed by atoms with van der Waals surface area (Å²) in [7, 11) is 0. The van der Waals surface area contributed by atoms with Crippen LogP contribution in [-0.2, 0) is 6.42 Å². The number of thiophene rings is 1. The molecule has 2 atom stereocenters. The fourth-order valence-corrected chi connectivity index (χ4v) is 2.78. The van der Waals surface area contributed by atoms with Gasteiger partial charge < -0.3 is 5.73 Å². The fourth-order valence-electron chi connectivity index (χ4n) is 1.90. The lowest BCUT2D eigenvalue weighted by molar-refractivity contribution is 0.472. The Hall–Kier alpha value is -1.13. The molecule has 2 rings (SSSR count). The average molecular weight is 263 g/mol. The van der Waals surface area contributed by atoms with Crippen molar-refractivity contribution >= 4 is 11.3 Å². The second-order valence-corrected chi connectivity index (χ2v) is 6.12. The molecule has 18 heavy (non-hydrogen) atoms. The molecule has 0 aromatic carbocycles. The van der Waals surface area contributed by atoms with Crippen molar-refractivity contribution in [1.29, 1.82) is 0 Å². The smallest absolute Gasteiger partial charge is 0.0643 e. The fraction of sp³-hybridized carbons (Fsp3) is 0.500. The lowest BCUT2D eigenvalue weighted by Crippen LogP contribution is -2.13. The van der Waals surface area contributed by atoms with Gasteiger partial charge >= 0.3 is 0 Å². The van der Waals surface area contributed by atoms with E-state index in [1.165, 1.54) is 9.75 Å². The van der Waals surface area contributed by atoms with Crippen LogP contribution >= 0.6 is 11.3 Å². The number of hydrogen-bond acceptors (Lipinski definition) is 3. The SMILES string of the molecule is CCC(C)n1ccc(CC(N)c2ccc(C)s2)n1. The van der Waals surface area contributed by atoms with E-state index in [0.717, 1.165) is 18.5 Å². The number of rotatable bonds is 5. The van der Waals surface area contributed by atoms with Gasteiger partial charge in [0.25, 0.3) is 0 Å². The third kappa shape index (κ3) is 3.00. The molecule has 0 saturated carbocycles. The van der Waals surface area contributed by atoms with Crippen LogP contribution in [0.25, 0.3) is 0 Å². The molecule has 0 radical (unpaired) electrons. The number of nitrogens with zero attached hydrogens (tertiary/aromatic N) is 2. The third-order valence-electron chi connectivity index (χ3n) is 3.26. The van der Waals surface area contributed by atoms with E-state index in [1.54, 1.807) is 11.3 Å². The third-order valence-corrected chi connectivity index (χ3v) is 4.39. The molecule has 0 bridgehead atoms. The van der Waals surface area contributed by atoms with Gasteiger partial charge in [0, 0.05) is 34.5 Å². The molecule has 0 aliphatic heterocycles. The molecule has 0 saturated heterocycles. The summed E-state index contributed by atoms with van der Waals surface area (Å²) in [6, 6.07) is 6.84. The highest BCUT2D eigenvalue weighted by Crippen LogP contribution is 2.23. The van der Waals surface area contributed by atoms with Crippen LogP contribution in [0.15, 0.2) is 24.4 Å². The standard InChI is InChI=1S/C14H21N3S/c1-4-10(2)17-8-7-12(16-17)9-13(15)14-6-5-11(3)18-14/h5-8,10,13H,4,9,15H2,1-3H3. The predicted molar refractivity (Wildman–Crippen MR) is 76.9 cm³/mol. The minimum absolute atomic E-state index is 0.0592. The summed E-state index contributed by atoms with van der Waals surface area (Å²) < 4.78 is 2.03. The molecule has 0 aliphatic rings.